The van der Waals surface area contributed by atoms with Crippen LogP contribution in [0.2, 0.25) is 0 Å². The lowest BCUT2D eigenvalue weighted by Gasteiger charge is -2.44. The maximum absolute atomic E-state index is 12.9. The number of rotatable bonds is 7. The highest BCUT2D eigenvalue weighted by Gasteiger charge is 2.53. The molecule has 0 radical (unpaired) electrons. The van der Waals surface area contributed by atoms with Gasteiger partial charge in [-0.2, -0.15) is 0 Å². The molecule has 0 saturated heterocycles. The number of carbonyl (C=O) groups excluding carboxylic acids is 3. The van der Waals surface area contributed by atoms with Crippen molar-refractivity contribution < 1.29 is 24.2 Å². The quantitative estimate of drug-likeness (QED) is 0.405. The van der Waals surface area contributed by atoms with Crippen LogP contribution in [-0.2, 0) is 19.1 Å². The lowest BCUT2D eigenvalue weighted by atomic mass is 9.60. The van der Waals surface area contributed by atoms with Gasteiger partial charge in [-0.25, -0.2) is 4.79 Å². The van der Waals surface area contributed by atoms with Crippen LogP contribution in [0.25, 0.3) is 0 Å². The molecular weight excluding hydrogens is 416 g/mol. The van der Waals surface area contributed by atoms with Crippen LogP contribution in [0, 0.1) is 35.0 Å². The van der Waals surface area contributed by atoms with Crippen molar-refractivity contribution in [3.05, 3.63) is 11.6 Å². The molecule has 3 fully saturated rings. The molecule has 4 unspecified atom stereocenters. The van der Waals surface area contributed by atoms with Crippen LogP contribution in [0.1, 0.15) is 99.3 Å². The molecule has 3 rings (SSSR count). The van der Waals surface area contributed by atoms with Gasteiger partial charge in [-0.05, 0) is 74.0 Å². The Balaban J connectivity index is 1.72. The Hall–Kier alpha value is -1.49. The zero-order chi connectivity index (χ0) is 24.6. The molecule has 3 aliphatic carbocycles. The summed E-state index contributed by atoms with van der Waals surface area (Å²) >= 11 is 0. The van der Waals surface area contributed by atoms with E-state index in [4.69, 9.17) is 4.74 Å². The summed E-state index contributed by atoms with van der Waals surface area (Å²) in [5.74, 6) is 1.82. The minimum absolute atomic E-state index is 0.00890. The Morgan fingerprint density at radius 3 is 2.42 bits per heavy atom. The summed E-state index contributed by atoms with van der Waals surface area (Å²) in [6, 6.07) is 0. The summed E-state index contributed by atoms with van der Waals surface area (Å²) in [5, 5.41) is 9.72. The van der Waals surface area contributed by atoms with Crippen LogP contribution >= 0.6 is 0 Å². The third-order valence-corrected chi connectivity index (χ3v) is 9.46. The van der Waals surface area contributed by atoms with Crippen LogP contribution in [0.3, 0.4) is 0 Å². The number of allylic oxidation sites excluding steroid dienone is 1. The van der Waals surface area contributed by atoms with Gasteiger partial charge in [-0.15, -0.1) is 0 Å². The van der Waals surface area contributed by atoms with Gasteiger partial charge >= 0.3 is 5.97 Å². The van der Waals surface area contributed by atoms with E-state index in [1.807, 2.05) is 0 Å². The minimum atomic E-state index is -1.21. The molecule has 1 N–H and O–H groups in total. The number of esters is 1. The molecule has 0 spiro atoms. The first-order chi connectivity index (χ1) is 15.4. The van der Waals surface area contributed by atoms with E-state index in [0.717, 1.165) is 19.3 Å². The van der Waals surface area contributed by atoms with Crippen LogP contribution in [0.5, 0.6) is 0 Å². The second-order valence-corrected chi connectivity index (χ2v) is 12.0. The molecule has 5 nitrogen and oxygen atoms in total. The van der Waals surface area contributed by atoms with Crippen LogP contribution in [-0.4, -0.2) is 34.3 Å². The third kappa shape index (κ3) is 5.44. The Kier molecular flexibility index (Phi) is 7.93. The van der Waals surface area contributed by atoms with E-state index < -0.39 is 17.7 Å². The number of aliphatic hydroxyl groups excluding tert-OH is 1. The zero-order valence-electron chi connectivity index (χ0n) is 21.5. The van der Waals surface area contributed by atoms with Crippen molar-refractivity contribution in [2.24, 2.45) is 35.0 Å². The van der Waals surface area contributed by atoms with Gasteiger partial charge < -0.3 is 9.84 Å². The van der Waals surface area contributed by atoms with Gasteiger partial charge in [-0.1, -0.05) is 47.5 Å². The topological polar surface area (TPSA) is 80.7 Å². The van der Waals surface area contributed by atoms with Crippen molar-refractivity contribution in [1.82, 2.24) is 0 Å². The first kappa shape index (κ1) is 26.1. The normalized spacial score (nSPS) is 37.8. The molecule has 0 aromatic heterocycles. The smallest absolute Gasteiger partial charge is 0.332 e. The Bertz CT molecular complexity index is 798. The van der Waals surface area contributed by atoms with Gasteiger partial charge in [0.1, 0.15) is 0 Å². The summed E-state index contributed by atoms with van der Waals surface area (Å²) < 4.78 is 5.61. The number of fused-ring (bicyclic) bond motifs is 1. The lowest BCUT2D eigenvalue weighted by molar-refractivity contribution is -0.167. The molecule has 7 atom stereocenters. The van der Waals surface area contributed by atoms with Gasteiger partial charge in [-0.3, -0.25) is 9.59 Å². The van der Waals surface area contributed by atoms with Crippen LogP contribution in [0.4, 0.5) is 0 Å². The molecule has 0 aromatic rings. The molecular formula is C28H44O5. The highest BCUT2D eigenvalue weighted by Crippen LogP contribution is 2.59. The number of ether oxygens (including phenoxy) is 1. The predicted molar refractivity (Wildman–Crippen MR) is 128 cm³/mol. The Morgan fingerprint density at radius 1 is 1.09 bits per heavy atom. The monoisotopic (exact) mass is 460 g/mol. The molecule has 186 valence electrons. The summed E-state index contributed by atoms with van der Waals surface area (Å²) in [4.78, 5) is 38.1. The van der Waals surface area contributed by atoms with Gasteiger partial charge in [0.2, 0.25) is 0 Å². The van der Waals surface area contributed by atoms with E-state index >= 15 is 0 Å². The molecule has 0 amide bonds. The average molecular weight is 461 g/mol. The standard InChI is InChI=1S/C28H44O5/c1-17(2)18(3)7-8-19(4)22-9-10-23-21(24(30)12-13-27(22,23)5)16-26(32)33-28(6)14-11-20(29)15-25(28)31/h16-20,22-23,29H,7-15H2,1-6H3/b21-16-/t18?,19?,20?,22-,23+,27-,28?/m1/s1. The summed E-state index contributed by atoms with van der Waals surface area (Å²) in [7, 11) is 0. The lowest BCUT2D eigenvalue weighted by Crippen LogP contribution is -2.46. The highest BCUT2D eigenvalue weighted by molar-refractivity contribution is 6.02. The van der Waals surface area contributed by atoms with Crippen molar-refractivity contribution in [3.8, 4) is 0 Å². The first-order valence-electron chi connectivity index (χ1n) is 13.1. The Labute approximate surface area is 199 Å². The summed E-state index contributed by atoms with van der Waals surface area (Å²) in [6.07, 6.45) is 7.28. The average Bonchev–Trinajstić information content (AvgIpc) is 3.09. The first-order valence-corrected chi connectivity index (χ1v) is 13.1. The molecule has 3 aliphatic rings. The fourth-order valence-electron chi connectivity index (χ4n) is 6.63. The second kappa shape index (κ2) is 10.0. The van der Waals surface area contributed by atoms with Crippen molar-refractivity contribution in [2.45, 2.75) is 111 Å². The summed E-state index contributed by atoms with van der Waals surface area (Å²) in [6.45, 7) is 13.2. The van der Waals surface area contributed by atoms with Gasteiger partial charge in [0.15, 0.2) is 17.2 Å². The van der Waals surface area contributed by atoms with E-state index in [1.165, 1.54) is 18.9 Å². The zero-order valence-corrected chi connectivity index (χ0v) is 21.5. The number of carbonyl (C=O) groups is 3. The van der Waals surface area contributed by atoms with Gasteiger partial charge in [0.25, 0.3) is 0 Å². The number of ketones is 2. The van der Waals surface area contributed by atoms with Crippen molar-refractivity contribution in [2.75, 3.05) is 0 Å². The minimum Gasteiger partial charge on any atom is -0.448 e. The molecule has 33 heavy (non-hydrogen) atoms. The molecule has 5 heteroatoms. The molecule has 3 saturated carbocycles. The molecule has 0 bridgehead atoms. The maximum Gasteiger partial charge on any atom is 0.332 e. The van der Waals surface area contributed by atoms with Crippen LogP contribution in [0.15, 0.2) is 11.6 Å². The van der Waals surface area contributed by atoms with E-state index in [0.29, 0.717) is 48.5 Å². The second-order valence-electron chi connectivity index (χ2n) is 12.0. The molecule has 0 aromatic carbocycles. The van der Waals surface area contributed by atoms with Crippen molar-refractivity contribution >= 4 is 17.5 Å². The van der Waals surface area contributed by atoms with Crippen molar-refractivity contribution in [1.29, 1.82) is 0 Å². The van der Waals surface area contributed by atoms with Crippen molar-refractivity contribution in [3.63, 3.8) is 0 Å². The number of hydrogen-bond acceptors (Lipinski definition) is 5. The maximum atomic E-state index is 12.9. The van der Waals surface area contributed by atoms with E-state index in [2.05, 4.69) is 34.6 Å². The predicted octanol–water partition coefficient (Wildman–Crippen LogP) is 5.43. The SMILES string of the molecule is CC(C)C(C)CCC(C)[C@H]1CC[C@H]2/C(=C/C(=O)OC3(C)CCC(O)CC3=O)C(=O)CC[C@]12C. The molecule has 0 aliphatic heterocycles. The van der Waals surface area contributed by atoms with Gasteiger partial charge in [0.05, 0.1) is 6.10 Å². The fraction of sp³-hybridized carbons (Fsp3) is 0.821. The molecule has 0 heterocycles. The van der Waals surface area contributed by atoms with Gasteiger partial charge in [0, 0.05) is 24.5 Å². The number of Topliss-reactive ketones (excluding diaryl/α,β-unsaturated/α-hetero) is 2. The fourth-order valence-corrected chi connectivity index (χ4v) is 6.63. The third-order valence-electron chi connectivity index (χ3n) is 9.46. The van der Waals surface area contributed by atoms with Crippen LogP contribution < -0.4 is 0 Å². The van der Waals surface area contributed by atoms with E-state index in [-0.39, 0.29) is 29.3 Å². The highest BCUT2D eigenvalue weighted by atomic mass is 16.6. The van der Waals surface area contributed by atoms with E-state index in [9.17, 15) is 19.5 Å². The number of aliphatic hydroxyl groups is 1. The van der Waals surface area contributed by atoms with E-state index in [1.54, 1.807) is 6.92 Å². The largest absolute Gasteiger partial charge is 0.448 e. The Morgan fingerprint density at radius 2 is 1.79 bits per heavy atom. The summed E-state index contributed by atoms with van der Waals surface area (Å²) in [5.41, 5.74) is -0.588. The number of hydrogen-bond donors (Lipinski definition) is 1.